The molecule has 66 valence electrons. The fourth-order valence-electron chi connectivity index (χ4n) is 3.38. The van der Waals surface area contributed by atoms with Crippen LogP contribution in [0.15, 0.2) is 0 Å². The molecule has 3 rings (SSSR count). The molecule has 2 aliphatic carbocycles. The number of aliphatic hydroxyl groups is 1. The van der Waals surface area contributed by atoms with E-state index in [2.05, 4.69) is 0 Å². The van der Waals surface area contributed by atoms with Gasteiger partial charge in [0.2, 0.25) is 0 Å². The molecule has 0 unspecified atom stereocenters. The Bertz CT molecular complexity index is 236. The quantitative estimate of drug-likeness (QED) is 0.568. The molecule has 5 atom stereocenters. The van der Waals surface area contributed by atoms with E-state index in [0.29, 0.717) is 11.8 Å². The van der Waals surface area contributed by atoms with Crippen LogP contribution in [0.5, 0.6) is 0 Å². The summed E-state index contributed by atoms with van der Waals surface area (Å²) >= 11 is 0. The van der Waals surface area contributed by atoms with Gasteiger partial charge in [-0.2, -0.15) is 0 Å². The van der Waals surface area contributed by atoms with Crippen LogP contribution >= 0.6 is 0 Å². The molecule has 2 bridgehead atoms. The summed E-state index contributed by atoms with van der Waals surface area (Å²) in [5, 5.41) is 9.12. The smallest absolute Gasteiger partial charge is 0.310 e. The lowest BCUT2D eigenvalue weighted by molar-refractivity contribution is -0.144. The third-order valence-corrected chi connectivity index (χ3v) is 3.87. The number of hydrogen-bond donors (Lipinski definition) is 1. The van der Waals surface area contributed by atoms with Gasteiger partial charge in [0.05, 0.1) is 5.92 Å². The monoisotopic (exact) mass is 168 g/mol. The molecule has 0 aromatic rings. The van der Waals surface area contributed by atoms with Crippen LogP contribution in [-0.2, 0) is 9.53 Å². The summed E-state index contributed by atoms with van der Waals surface area (Å²) in [4.78, 5) is 11.3. The van der Waals surface area contributed by atoms with Gasteiger partial charge in [-0.05, 0) is 24.7 Å². The van der Waals surface area contributed by atoms with Gasteiger partial charge in [-0.1, -0.05) is 0 Å². The highest BCUT2D eigenvalue weighted by molar-refractivity contribution is 5.77. The predicted octanol–water partition coefficient (Wildman–Crippen LogP) is 0.176. The molecular formula is C9H12O3. The van der Waals surface area contributed by atoms with Crippen molar-refractivity contribution >= 4 is 5.97 Å². The highest BCUT2D eigenvalue weighted by Gasteiger charge is 2.61. The van der Waals surface area contributed by atoms with E-state index in [1.54, 1.807) is 0 Å². The Morgan fingerprint density at radius 2 is 2.33 bits per heavy atom. The van der Waals surface area contributed by atoms with Gasteiger partial charge in [-0.25, -0.2) is 0 Å². The van der Waals surface area contributed by atoms with Crippen molar-refractivity contribution in [1.82, 2.24) is 0 Å². The first-order valence-electron chi connectivity index (χ1n) is 4.62. The second kappa shape index (κ2) is 2.02. The first kappa shape index (κ1) is 6.89. The lowest BCUT2D eigenvalue weighted by atomic mass is 9.81. The summed E-state index contributed by atoms with van der Waals surface area (Å²) in [5.74, 6) is 1.20. The lowest BCUT2D eigenvalue weighted by Gasteiger charge is -2.21. The van der Waals surface area contributed by atoms with Crippen molar-refractivity contribution in [3.05, 3.63) is 0 Å². The molecule has 3 nitrogen and oxygen atoms in total. The summed E-state index contributed by atoms with van der Waals surface area (Å²) in [6, 6.07) is 0. The maximum atomic E-state index is 11.3. The minimum Gasteiger partial charge on any atom is -0.462 e. The number of fused-ring (bicyclic) bond motifs is 1. The summed E-state index contributed by atoms with van der Waals surface area (Å²) in [5.41, 5.74) is 0. The minimum absolute atomic E-state index is 0.0405. The molecule has 0 spiro atoms. The average Bonchev–Trinajstić information content (AvgIpc) is 2.61. The molecule has 12 heavy (non-hydrogen) atoms. The second-order valence-electron chi connectivity index (χ2n) is 4.24. The maximum Gasteiger partial charge on any atom is 0.310 e. The molecule has 1 heterocycles. The summed E-state index contributed by atoms with van der Waals surface area (Å²) in [6.07, 6.45) is 2.31. The molecule has 3 heteroatoms. The number of rotatable bonds is 1. The topological polar surface area (TPSA) is 46.5 Å². The van der Waals surface area contributed by atoms with E-state index < -0.39 is 0 Å². The summed E-state index contributed by atoms with van der Waals surface area (Å²) in [6.45, 7) is 0.160. The molecule has 3 fully saturated rings. The van der Waals surface area contributed by atoms with Gasteiger partial charge in [-0.15, -0.1) is 0 Å². The Morgan fingerprint density at radius 1 is 1.50 bits per heavy atom. The zero-order chi connectivity index (χ0) is 8.29. The zero-order valence-electron chi connectivity index (χ0n) is 6.77. The highest BCUT2D eigenvalue weighted by Crippen LogP contribution is 2.57. The molecule has 1 aliphatic heterocycles. The van der Waals surface area contributed by atoms with Crippen LogP contribution in [0.25, 0.3) is 0 Å². The molecule has 0 aromatic heterocycles. The van der Waals surface area contributed by atoms with Crippen molar-refractivity contribution in [3.63, 3.8) is 0 Å². The standard InChI is InChI=1S/C9H12O3/c10-3-6-4-1-5-7(2-4)12-9(11)8(5)6/h4-8,10H,1-3H2/t4-,5-,6-,7-,8-/m1/s1. The van der Waals surface area contributed by atoms with Crippen molar-refractivity contribution < 1.29 is 14.6 Å². The maximum absolute atomic E-state index is 11.3. The fraction of sp³-hybridized carbons (Fsp3) is 0.889. The summed E-state index contributed by atoms with van der Waals surface area (Å²) in [7, 11) is 0. The molecule has 0 aromatic carbocycles. The van der Waals surface area contributed by atoms with Crippen LogP contribution in [0.1, 0.15) is 12.8 Å². The Balaban J connectivity index is 1.98. The normalized spacial score (nSPS) is 54.8. The van der Waals surface area contributed by atoms with Crippen LogP contribution in [0, 0.1) is 23.7 Å². The number of carbonyl (C=O) groups excluding carboxylic acids is 1. The first-order valence-corrected chi connectivity index (χ1v) is 4.62. The van der Waals surface area contributed by atoms with E-state index in [9.17, 15) is 4.79 Å². The SMILES string of the molecule is O=C1O[C@@H]2C[C@H]3C[C@H]2[C@@H]1[C@@H]3CO. The fourth-order valence-corrected chi connectivity index (χ4v) is 3.38. The first-order chi connectivity index (χ1) is 5.81. The predicted molar refractivity (Wildman–Crippen MR) is 40.2 cm³/mol. The van der Waals surface area contributed by atoms with E-state index in [-0.39, 0.29) is 30.5 Å². The van der Waals surface area contributed by atoms with Crippen molar-refractivity contribution in [1.29, 1.82) is 0 Å². The number of aliphatic hydroxyl groups excluding tert-OH is 1. The van der Waals surface area contributed by atoms with Crippen LogP contribution in [-0.4, -0.2) is 23.8 Å². The molecule has 1 N–H and O–H groups in total. The van der Waals surface area contributed by atoms with Gasteiger partial charge in [0.15, 0.2) is 0 Å². The Kier molecular flexibility index (Phi) is 1.16. The van der Waals surface area contributed by atoms with Gasteiger partial charge >= 0.3 is 5.97 Å². The largest absolute Gasteiger partial charge is 0.462 e. The van der Waals surface area contributed by atoms with Crippen LogP contribution in [0.4, 0.5) is 0 Å². The van der Waals surface area contributed by atoms with E-state index in [0.717, 1.165) is 12.8 Å². The zero-order valence-corrected chi connectivity index (χ0v) is 6.77. The van der Waals surface area contributed by atoms with E-state index in [1.807, 2.05) is 0 Å². The molecule has 0 amide bonds. The number of ether oxygens (including phenoxy) is 1. The van der Waals surface area contributed by atoms with Crippen molar-refractivity contribution in [2.75, 3.05) is 6.61 Å². The third-order valence-electron chi connectivity index (χ3n) is 3.87. The highest BCUT2D eigenvalue weighted by atomic mass is 16.6. The Labute approximate surface area is 70.7 Å². The van der Waals surface area contributed by atoms with Gasteiger partial charge < -0.3 is 9.84 Å². The number of esters is 1. The third kappa shape index (κ3) is 0.600. The Morgan fingerprint density at radius 3 is 3.08 bits per heavy atom. The lowest BCUT2D eigenvalue weighted by Crippen LogP contribution is -2.28. The second-order valence-corrected chi connectivity index (χ2v) is 4.24. The molecule has 1 saturated heterocycles. The minimum atomic E-state index is -0.0518. The number of hydrogen-bond acceptors (Lipinski definition) is 3. The summed E-state index contributed by atoms with van der Waals surface area (Å²) < 4.78 is 5.22. The Hall–Kier alpha value is -0.570. The number of carbonyl (C=O) groups is 1. The van der Waals surface area contributed by atoms with Crippen LogP contribution in [0.3, 0.4) is 0 Å². The molecule has 2 saturated carbocycles. The average molecular weight is 168 g/mol. The molecule has 3 aliphatic rings. The van der Waals surface area contributed by atoms with Crippen molar-refractivity contribution in [2.45, 2.75) is 18.9 Å². The van der Waals surface area contributed by atoms with E-state index in [4.69, 9.17) is 9.84 Å². The van der Waals surface area contributed by atoms with Crippen molar-refractivity contribution in [2.24, 2.45) is 23.7 Å². The van der Waals surface area contributed by atoms with Gasteiger partial charge in [0, 0.05) is 12.5 Å². The van der Waals surface area contributed by atoms with Gasteiger partial charge in [0.25, 0.3) is 0 Å². The molecule has 0 radical (unpaired) electrons. The van der Waals surface area contributed by atoms with Crippen LogP contribution < -0.4 is 0 Å². The van der Waals surface area contributed by atoms with E-state index in [1.165, 1.54) is 0 Å². The van der Waals surface area contributed by atoms with Gasteiger partial charge in [-0.3, -0.25) is 4.79 Å². The van der Waals surface area contributed by atoms with Crippen molar-refractivity contribution in [3.8, 4) is 0 Å². The van der Waals surface area contributed by atoms with Crippen LogP contribution in [0.2, 0.25) is 0 Å². The van der Waals surface area contributed by atoms with E-state index >= 15 is 0 Å². The molecular weight excluding hydrogens is 156 g/mol. The van der Waals surface area contributed by atoms with Gasteiger partial charge in [0.1, 0.15) is 6.10 Å².